The molecule has 6 unspecified atom stereocenters. The van der Waals surface area contributed by atoms with Crippen LogP contribution in [0.1, 0.15) is 80.1 Å². The number of benzene rings is 1. The van der Waals surface area contributed by atoms with E-state index in [0.29, 0.717) is 23.0 Å². The summed E-state index contributed by atoms with van der Waals surface area (Å²) < 4.78 is 14.5. The monoisotopic (exact) mass is 426 g/mol. The van der Waals surface area contributed by atoms with Gasteiger partial charge in [0.15, 0.2) is 0 Å². The van der Waals surface area contributed by atoms with Gasteiger partial charge < -0.3 is 8.85 Å². The van der Waals surface area contributed by atoms with Gasteiger partial charge in [-0.25, -0.2) is 0 Å². The van der Waals surface area contributed by atoms with Crippen molar-refractivity contribution in [3.63, 3.8) is 0 Å². The van der Waals surface area contributed by atoms with Gasteiger partial charge in [-0.2, -0.15) is 0 Å². The lowest BCUT2D eigenvalue weighted by molar-refractivity contribution is -0.0302. The van der Waals surface area contributed by atoms with E-state index >= 15 is 0 Å². The molecule has 5 rings (SSSR count). The summed E-state index contributed by atoms with van der Waals surface area (Å²) in [6.45, 7) is 17.3. The smallest absolute Gasteiger partial charge is 0.369 e. The largest absolute Gasteiger partial charge is 0.387 e. The quantitative estimate of drug-likeness (QED) is 0.505. The maximum absolute atomic E-state index is 7.26. The third-order valence-corrected chi connectivity index (χ3v) is 14.3. The Morgan fingerprint density at radius 3 is 1.50 bits per heavy atom. The molecule has 2 nitrogen and oxygen atoms in total. The first kappa shape index (κ1) is 21.2. The van der Waals surface area contributed by atoms with E-state index in [4.69, 9.17) is 8.85 Å². The molecular formula is C27H42O2Si. The second-order valence-electron chi connectivity index (χ2n) is 12.7. The zero-order chi connectivity index (χ0) is 21.6. The molecule has 1 aromatic carbocycles. The van der Waals surface area contributed by atoms with Crippen LogP contribution < -0.4 is 5.19 Å². The highest BCUT2D eigenvalue weighted by Gasteiger charge is 2.65. The normalized spacial score (nSPS) is 45.0. The van der Waals surface area contributed by atoms with E-state index in [1.54, 1.807) is 0 Å². The van der Waals surface area contributed by atoms with Crippen LogP contribution in [0.5, 0.6) is 0 Å². The van der Waals surface area contributed by atoms with Crippen LogP contribution >= 0.6 is 0 Å². The standard InChI is InChI=1S/C27H42O2Si/c1-24(2)19-13-15-26(24,5)22(17-19)28-30(7,21-11-9-8-10-12-21)29-23-18-20-14-16-27(23,6)25(20,3)4/h8-12,19-20,22-23H,13-18H2,1-7H3. The maximum Gasteiger partial charge on any atom is 0.369 e. The van der Waals surface area contributed by atoms with Gasteiger partial charge in [0.1, 0.15) is 0 Å². The second kappa shape index (κ2) is 6.45. The molecule has 0 radical (unpaired) electrons. The van der Waals surface area contributed by atoms with Crippen LogP contribution in [0.3, 0.4) is 0 Å². The minimum absolute atomic E-state index is 0.266. The van der Waals surface area contributed by atoms with Crippen LogP contribution in [-0.2, 0) is 8.85 Å². The lowest BCUT2D eigenvalue weighted by Crippen LogP contribution is -2.58. The highest BCUT2D eigenvalue weighted by molar-refractivity contribution is 6.80. The van der Waals surface area contributed by atoms with Crippen molar-refractivity contribution < 1.29 is 8.85 Å². The highest BCUT2D eigenvalue weighted by atomic mass is 28.4. The average molecular weight is 427 g/mol. The van der Waals surface area contributed by atoms with Crippen molar-refractivity contribution in [2.45, 2.75) is 98.8 Å². The Morgan fingerprint density at radius 2 is 1.17 bits per heavy atom. The fourth-order valence-corrected chi connectivity index (χ4v) is 11.0. The van der Waals surface area contributed by atoms with Gasteiger partial charge >= 0.3 is 8.56 Å². The molecule has 4 saturated carbocycles. The van der Waals surface area contributed by atoms with Crippen molar-refractivity contribution in [1.29, 1.82) is 0 Å². The molecule has 0 aromatic heterocycles. The van der Waals surface area contributed by atoms with Crippen molar-refractivity contribution in [2.75, 3.05) is 0 Å². The van der Waals surface area contributed by atoms with Gasteiger partial charge in [0, 0.05) is 0 Å². The molecule has 0 heterocycles. The average Bonchev–Trinajstić information content (AvgIpc) is 3.21. The first-order valence-corrected chi connectivity index (χ1v) is 14.7. The van der Waals surface area contributed by atoms with E-state index in [2.05, 4.69) is 78.4 Å². The predicted molar refractivity (Wildman–Crippen MR) is 126 cm³/mol. The Bertz CT molecular complexity index is 771. The molecule has 6 atom stereocenters. The lowest BCUT2D eigenvalue weighted by atomic mass is 9.70. The van der Waals surface area contributed by atoms with E-state index in [9.17, 15) is 0 Å². The predicted octanol–water partition coefficient (Wildman–Crippen LogP) is 6.43. The summed E-state index contributed by atoms with van der Waals surface area (Å²) in [6.07, 6.45) is 8.38. The van der Waals surface area contributed by atoms with Crippen molar-refractivity contribution in [3.05, 3.63) is 30.3 Å². The van der Waals surface area contributed by atoms with Crippen LogP contribution in [0.2, 0.25) is 6.55 Å². The molecule has 166 valence electrons. The third kappa shape index (κ3) is 2.61. The molecule has 30 heavy (non-hydrogen) atoms. The van der Waals surface area contributed by atoms with Crippen LogP contribution in [0.4, 0.5) is 0 Å². The van der Waals surface area contributed by atoms with Crippen molar-refractivity contribution in [2.24, 2.45) is 33.5 Å². The van der Waals surface area contributed by atoms with Crippen molar-refractivity contribution in [1.82, 2.24) is 0 Å². The van der Waals surface area contributed by atoms with Crippen molar-refractivity contribution >= 4 is 13.7 Å². The molecule has 3 heteroatoms. The summed E-state index contributed by atoms with van der Waals surface area (Å²) in [7, 11) is -2.55. The third-order valence-electron chi connectivity index (χ3n) is 11.5. The Hall–Kier alpha value is -0.643. The zero-order valence-electron chi connectivity index (χ0n) is 20.3. The Balaban J connectivity index is 1.47. The highest BCUT2D eigenvalue weighted by Crippen LogP contribution is 2.68. The SMILES string of the molecule is CC1(C)C2CCC1(C)C(O[Si](C)(OC1CC3CCC1(C)C3(C)C)c1ccccc1)C2. The number of hydrogen-bond acceptors (Lipinski definition) is 2. The van der Waals surface area contributed by atoms with E-state index in [1.807, 2.05) is 0 Å². The summed E-state index contributed by atoms with van der Waals surface area (Å²) in [4.78, 5) is 0. The van der Waals surface area contributed by atoms with Crippen LogP contribution in [0.15, 0.2) is 30.3 Å². The Labute approximate surface area is 185 Å². The topological polar surface area (TPSA) is 18.5 Å². The lowest BCUT2D eigenvalue weighted by Gasteiger charge is -2.46. The molecule has 1 aromatic rings. The van der Waals surface area contributed by atoms with Gasteiger partial charge in [-0.3, -0.25) is 0 Å². The van der Waals surface area contributed by atoms with Gasteiger partial charge in [-0.1, -0.05) is 71.9 Å². The summed E-state index contributed by atoms with van der Waals surface area (Å²) in [6, 6.07) is 10.9. The fraction of sp³-hybridized carbons (Fsp3) is 0.778. The molecule has 0 spiro atoms. The van der Waals surface area contributed by atoms with Crippen molar-refractivity contribution in [3.8, 4) is 0 Å². The Morgan fingerprint density at radius 1 is 0.733 bits per heavy atom. The minimum Gasteiger partial charge on any atom is -0.387 e. The summed E-state index contributed by atoms with van der Waals surface area (Å²) >= 11 is 0. The molecule has 4 aliphatic rings. The van der Waals surface area contributed by atoms with E-state index < -0.39 is 8.56 Å². The summed E-state index contributed by atoms with van der Waals surface area (Å²) in [5, 5.41) is 1.30. The first-order valence-electron chi connectivity index (χ1n) is 12.4. The first-order chi connectivity index (χ1) is 13.9. The Kier molecular flexibility index (Phi) is 4.56. The zero-order valence-corrected chi connectivity index (χ0v) is 21.3. The molecule has 0 saturated heterocycles. The minimum atomic E-state index is -2.55. The molecule has 4 aliphatic carbocycles. The van der Waals surface area contributed by atoms with Crippen LogP contribution in [0, 0.1) is 33.5 Å². The van der Waals surface area contributed by atoms with Gasteiger partial charge in [0.25, 0.3) is 0 Å². The van der Waals surface area contributed by atoms with E-state index in [-0.39, 0.29) is 10.8 Å². The van der Waals surface area contributed by atoms with Crippen LogP contribution in [-0.4, -0.2) is 20.8 Å². The van der Waals surface area contributed by atoms with E-state index in [1.165, 1.54) is 43.7 Å². The second-order valence-corrected chi connectivity index (χ2v) is 15.7. The number of fused-ring (bicyclic) bond motifs is 4. The van der Waals surface area contributed by atoms with Gasteiger partial charge in [0.2, 0.25) is 0 Å². The van der Waals surface area contributed by atoms with Gasteiger partial charge in [0.05, 0.1) is 12.2 Å². The molecule has 4 bridgehead atoms. The molecular weight excluding hydrogens is 384 g/mol. The number of rotatable bonds is 5. The van der Waals surface area contributed by atoms with Gasteiger partial charge in [-0.05, 0) is 83.8 Å². The fourth-order valence-electron chi connectivity index (χ4n) is 8.06. The maximum atomic E-state index is 7.26. The molecule has 4 fully saturated rings. The molecule has 0 aliphatic heterocycles. The summed E-state index contributed by atoms with van der Waals surface area (Å²) in [5.74, 6) is 1.58. The molecule has 0 N–H and O–H groups in total. The molecule has 0 amide bonds. The van der Waals surface area contributed by atoms with E-state index in [0.717, 1.165) is 11.8 Å². The number of hydrogen-bond donors (Lipinski definition) is 0. The van der Waals surface area contributed by atoms with Gasteiger partial charge in [-0.15, -0.1) is 0 Å². The van der Waals surface area contributed by atoms with Crippen LogP contribution in [0.25, 0.3) is 0 Å². The summed E-state index contributed by atoms with van der Waals surface area (Å²) in [5.41, 5.74) is 1.26.